The van der Waals surface area contributed by atoms with E-state index in [1.165, 1.54) is 0 Å². The molecule has 1 aromatic rings. The molecule has 0 aliphatic carbocycles. The molecule has 0 aliphatic heterocycles. The first-order valence-electron chi connectivity index (χ1n) is 4.75. The van der Waals surface area contributed by atoms with Gasteiger partial charge in [0.15, 0.2) is 5.82 Å². The monoisotopic (exact) mass is 247 g/mol. The second-order valence-electron chi connectivity index (χ2n) is 4.09. The fourth-order valence-electron chi connectivity index (χ4n) is 0.882. The number of alkyl halides is 1. The van der Waals surface area contributed by atoms with Gasteiger partial charge in [-0.1, -0.05) is 5.16 Å². The number of hydrogen-bond donors (Lipinski definition) is 1. The van der Waals surface area contributed by atoms with Crippen LogP contribution in [0.1, 0.15) is 32.5 Å². The molecular formula is C9H14ClN3O3. The largest absolute Gasteiger partial charge is 0.444 e. The van der Waals surface area contributed by atoms with E-state index >= 15 is 0 Å². The van der Waals surface area contributed by atoms with Crippen LogP contribution in [0.4, 0.5) is 4.79 Å². The first kappa shape index (κ1) is 12.8. The summed E-state index contributed by atoms with van der Waals surface area (Å²) in [5.41, 5.74) is -0.525. The van der Waals surface area contributed by atoms with Crippen molar-refractivity contribution in [1.29, 1.82) is 0 Å². The lowest BCUT2D eigenvalue weighted by atomic mass is 10.2. The summed E-state index contributed by atoms with van der Waals surface area (Å²) in [5, 5.41) is 6.12. The minimum atomic E-state index is -0.525. The van der Waals surface area contributed by atoms with E-state index in [0.717, 1.165) is 0 Å². The molecule has 0 saturated heterocycles. The Kier molecular flexibility index (Phi) is 4.12. The fraction of sp³-hybridized carbons (Fsp3) is 0.667. The van der Waals surface area contributed by atoms with Crippen molar-refractivity contribution >= 4 is 17.7 Å². The standard InChI is InChI=1S/C9H14ClN3O3/c1-9(2,3)15-8(14)11-5-6-12-7(4-10)16-13-6/h4-5H2,1-3H3,(H,11,14). The molecule has 0 atom stereocenters. The van der Waals surface area contributed by atoms with Crippen molar-refractivity contribution in [1.82, 2.24) is 15.5 Å². The van der Waals surface area contributed by atoms with E-state index in [2.05, 4.69) is 15.5 Å². The third-order valence-electron chi connectivity index (χ3n) is 1.41. The predicted octanol–water partition coefficient (Wildman–Crippen LogP) is 1.83. The van der Waals surface area contributed by atoms with E-state index in [1.54, 1.807) is 20.8 Å². The normalized spacial score (nSPS) is 11.2. The van der Waals surface area contributed by atoms with Gasteiger partial charge in [0.05, 0.1) is 6.54 Å². The van der Waals surface area contributed by atoms with Gasteiger partial charge in [-0.15, -0.1) is 11.6 Å². The maximum absolute atomic E-state index is 11.3. The highest BCUT2D eigenvalue weighted by Crippen LogP contribution is 2.06. The minimum Gasteiger partial charge on any atom is -0.444 e. The number of nitrogens with one attached hydrogen (secondary N) is 1. The molecule has 0 radical (unpaired) electrons. The predicted molar refractivity (Wildman–Crippen MR) is 56.9 cm³/mol. The summed E-state index contributed by atoms with van der Waals surface area (Å²) in [6.45, 7) is 5.50. The van der Waals surface area contributed by atoms with Gasteiger partial charge in [0.25, 0.3) is 0 Å². The van der Waals surface area contributed by atoms with Gasteiger partial charge in [0.2, 0.25) is 5.89 Å². The molecule has 0 aromatic carbocycles. The van der Waals surface area contributed by atoms with Crippen molar-refractivity contribution in [3.8, 4) is 0 Å². The van der Waals surface area contributed by atoms with Gasteiger partial charge >= 0.3 is 6.09 Å². The molecule has 16 heavy (non-hydrogen) atoms. The summed E-state index contributed by atoms with van der Waals surface area (Å²) in [5.74, 6) is 0.837. The third-order valence-corrected chi connectivity index (χ3v) is 1.64. The average Bonchev–Trinajstić information content (AvgIpc) is 2.59. The molecule has 1 N–H and O–H groups in total. The molecule has 7 heteroatoms. The van der Waals surface area contributed by atoms with Crippen molar-refractivity contribution in [2.24, 2.45) is 0 Å². The van der Waals surface area contributed by atoms with Gasteiger partial charge in [0.1, 0.15) is 11.5 Å². The number of hydrogen-bond acceptors (Lipinski definition) is 5. The molecule has 0 fully saturated rings. The summed E-state index contributed by atoms with van der Waals surface area (Å²) < 4.78 is 9.79. The summed E-state index contributed by atoms with van der Waals surface area (Å²) in [4.78, 5) is 15.2. The molecular weight excluding hydrogens is 234 g/mol. The van der Waals surface area contributed by atoms with Crippen molar-refractivity contribution in [2.45, 2.75) is 38.8 Å². The number of carbonyl (C=O) groups is 1. The van der Waals surface area contributed by atoms with Crippen LogP contribution < -0.4 is 5.32 Å². The summed E-state index contributed by atoms with van der Waals surface area (Å²) in [6, 6.07) is 0. The third kappa shape index (κ3) is 4.48. The number of nitrogens with zero attached hydrogens (tertiary/aromatic N) is 2. The van der Waals surface area contributed by atoms with Crippen LogP contribution in [0.2, 0.25) is 0 Å². The van der Waals surface area contributed by atoms with Gasteiger partial charge in [-0.3, -0.25) is 0 Å². The molecule has 6 nitrogen and oxygen atoms in total. The lowest BCUT2D eigenvalue weighted by Gasteiger charge is -2.19. The number of aromatic nitrogens is 2. The van der Waals surface area contributed by atoms with Gasteiger partial charge in [0, 0.05) is 0 Å². The van der Waals surface area contributed by atoms with Crippen molar-refractivity contribution in [3.05, 3.63) is 11.7 Å². The van der Waals surface area contributed by atoms with E-state index in [4.69, 9.17) is 20.9 Å². The minimum absolute atomic E-state index is 0.148. The van der Waals surface area contributed by atoms with Crippen LogP contribution >= 0.6 is 11.6 Å². The number of amides is 1. The lowest BCUT2D eigenvalue weighted by molar-refractivity contribution is 0.0522. The highest BCUT2D eigenvalue weighted by Gasteiger charge is 2.16. The summed E-state index contributed by atoms with van der Waals surface area (Å²) >= 11 is 5.48. The van der Waals surface area contributed by atoms with Crippen molar-refractivity contribution in [2.75, 3.05) is 0 Å². The maximum atomic E-state index is 11.3. The smallest absolute Gasteiger partial charge is 0.408 e. The van der Waals surface area contributed by atoms with Gasteiger partial charge < -0.3 is 14.6 Å². The zero-order valence-corrected chi connectivity index (χ0v) is 10.2. The van der Waals surface area contributed by atoms with E-state index < -0.39 is 11.7 Å². The Labute approximate surface area is 98.3 Å². The number of halogens is 1. The van der Waals surface area contributed by atoms with Crippen molar-refractivity contribution in [3.63, 3.8) is 0 Å². The highest BCUT2D eigenvalue weighted by atomic mass is 35.5. The second-order valence-corrected chi connectivity index (χ2v) is 4.36. The van der Waals surface area contributed by atoms with Crippen LogP contribution in [0.5, 0.6) is 0 Å². The van der Waals surface area contributed by atoms with Crippen molar-refractivity contribution < 1.29 is 14.1 Å². The van der Waals surface area contributed by atoms with E-state index in [9.17, 15) is 4.79 Å². The van der Waals surface area contributed by atoms with Crippen LogP contribution in [0.3, 0.4) is 0 Å². The number of carbonyl (C=O) groups excluding carboxylic acids is 1. The van der Waals surface area contributed by atoms with Gasteiger partial charge in [-0.25, -0.2) is 4.79 Å². The van der Waals surface area contributed by atoms with E-state index in [0.29, 0.717) is 11.7 Å². The molecule has 0 aliphatic rings. The first-order chi connectivity index (χ1) is 7.40. The Morgan fingerprint density at radius 2 is 2.25 bits per heavy atom. The van der Waals surface area contributed by atoms with Crippen LogP contribution in [-0.4, -0.2) is 21.8 Å². The Hall–Kier alpha value is -1.30. The van der Waals surface area contributed by atoms with Gasteiger partial charge in [-0.05, 0) is 20.8 Å². The van der Waals surface area contributed by atoms with Crippen LogP contribution in [0.25, 0.3) is 0 Å². The number of alkyl carbamates (subject to hydrolysis) is 1. The van der Waals surface area contributed by atoms with Crippen LogP contribution in [-0.2, 0) is 17.2 Å². The highest BCUT2D eigenvalue weighted by molar-refractivity contribution is 6.16. The van der Waals surface area contributed by atoms with Crippen LogP contribution in [0.15, 0.2) is 4.52 Å². The van der Waals surface area contributed by atoms with Gasteiger partial charge in [-0.2, -0.15) is 4.98 Å². The molecule has 1 heterocycles. The summed E-state index contributed by atoms with van der Waals surface area (Å²) in [7, 11) is 0. The zero-order chi connectivity index (χ0) is 12.2. The number of rotatable bonds is 3. The Balaban J connectivity index is 2.37. The Morgan fingerprint density at radius 1 is 1.56 bits per heavy atom. The average molecular weight is 248 g/mol. The molecule has 90 valence electrons. The topological polar surface area (TPSA) is 77.2 Å². The molecule has 0 saturated carbocycles. The molecule has 1 amide bonds. The Morgan fingerprint density at radius 3 is 2.75 bits per heavy atom. The maximum Gasteiger partial charge on any atom is 0.408 e. The SMILES string of the molecule is CC(C)(C)OC(=O)NCc1noc(CCl)n1. The summed E-state index contributed by atoms with van der Waals surface area (Å²) in [6.07, 6.45) is -0.523. The van der Waals surface area contributed by atoms with Crippen LogP contribution in [0, 0.1) is 0 Å². The first-order valence-corrected chi connectivity index (χ1v) is 5.28. The second kappa shape index (κ2) is 5.16. The Bertz CT molecular complexity index is 359. The number of ether oxygens (including phenoxy) is 1. The molecule has 1 rings (SSSR count). The molecule has 0 bridgehead atoms. The zero-order valence-electron chi connectivity index (χ0n) is 9.41. The molecule has 1 aromatic heterocycles. The van der Waals surface area contributed by atoms with E-state index in [-0.39, 0.29) is 12.4 Å². The van der Waals surface area contributed by atoms with E-state index in [1.807, 2.05) is 0 Å². The molecule has 0 spiro atoms. The lowest BCUT2D eigenvalue weighted by Crippen LogP contribution is -2.32. The molecule has 0 unspecified atom stereocenters. The fourth-order valence-corrected chi connectivity index (χ4v) is 0.990. The quantitative estimate of drug-likeness (QED) is 0.825.